The average Bonchev–Trinajstić information content (AvgIpc) is 3.28. The second-order valence-corrected chi connectivity index (χ2v) is 8.21. The Morgan fingerprint density at radius 3 is 2.55 bits per heavy atom. The number of hydrogen-bond acceptors (Lipinski definition) is 6. The predicted octanol–water partition coefficient (Wildman–Crippen LogP) is 5.07. The molecule has 8 heteroatoms. The molecule has 1 amide bonds. The fourth-order valence-electron chi connectivity index (χ4n) is 3.51. The van der Waals surface area contributed by atoms with E-state index in [2.05, 4.69) is 4.98 Å². The minimum absolute atomic E-state index is 0.132. The number of carbonyl (C=O) groups excluding carboxylic acids is 2. The van der Waals surface area contributed by atoms with Crippen LogP contribution in [0.4, 0.5) is 4.39 Å². The van der Waals surface area contributed by atoms with E-state index in [1.54, 1.807) is 49.5 Å². The number of ketones is 1. The van der Waals surface area contributed by atoms with Crippen LogP contribution in [0.25, 0.3) is 21.3 Å². The molecule has 0 aliphatic heterocycles. The number of rotatable bonds is 7. The van der Waals surface area contributed by atoms with Crippen molar-refractivity contribution in [3.05, 3.63) is 77.1 Å². The molecule has 0 saturated carbocycles. The summed E-state index contributed by atoms with van der Waals surface area (Å²) in [5.74, 6) is 0.0227. The third kappa shape index (κ3) is 4.42. The second-order valence-electron chi connectivity index (χ2n) is 7.33. The fraction of sp³-hybridized carbons (Fsp3) is 0.160. The normalized spacial score (nSPS) is 10.8. The zero-order valence-corrected chi connectivity index (χ0v) is 19.1. The summed E-state index contributed by atoms with van der Waals surface area (Å²) in [7, 11) is 4.55. The van der Waals surface area contributed by atoms with E-state index in [0.717, 1.165) is 10.9 Å². The third-order valence-corrected chi connectivity index (χ3v) is 6.23. The van der Waals surface area contributed by atoms with Crippen LogP contribution in [0.1, 0.15) is 20.8 Å². The van der Waals surface area contributed by atoms with Crippen molar-refractivity contribution in [2.45, 2.75) is 0 Å². The fourth-order valence-corrected chi connectivity index (χ4v) is 4.48. The van der Waals surface area contributed by atoms with Gasteiger partial charge < -0.3 is 14.4 Å². The molecule has 0 unspecified atom stereocenters. The molecule has 0 fully saturated rings. The van der Waals surface area contributed by atoms with Crippen molar-refractivity contribution >= 4 is 33.1 Å². The number of likely N-dealkylation sites (N-methyl/N-ethyl adjacent to an activating group) is 1. The standard InChI is InChI=1S/C25H21FN2O4S/c1-28(13-21(29)15-10-11-22(31-2)23(12-15)32-3)25(30)20-9-5-8-19(27-20)17-14-33-24-16(17)6-4-7-18(24)26/h4-12,14H,13H2,1-3H3. The SMILES string of the molecule is COc1ccc(C(=O)CN(C)C(=O)c2cccc(-c3csc4c(F)cccc34)n2)cc1OC. The lowest BCUT2D eigenvalue weighted by molar-refractivity contribution is 0.0743. The molecule has 0 saturated heterocycles. The molecule has 0 atom stereocenters. The molecule has 2 heterocycles. The summed E-state index contributed by atoms with van der Waals surface area (Å²) in [6, 6.07) is 14.8. The highest BCUT2D eigenvalue weighted by atomic mass is 32.1. The molecule has 0 bridgehead atoms. The molecular formula is C25H21FN2O4S. The first-order chi connectivity index (χ1) is 15.9. The number of nitrogens with zero attached hydrogens (tertiary/aromatic N) is 2. The monoisotopic (exact) mass is 464 g/mol. The van der Waals surface area contributed by atoms with Gasteiger partial charge in [0.25, 0.3) is 5.91 Å². The van der Waals surface area contributed by atoms with E-state index in [-0.39, 0.29) is 23.8 Å². The van der Waals surface area contributed by atoms with Crippen LogP contribution in [0.2, 0.25) is 0 Å². The van der Waals surface area contributed by atoms with Crippen LogP contribution in [0, 0.1) is 5.82 Å². The first-order valence-corrected chi connectivity index (χ1v) is 10.9. The van der Waals surface area contributed by atoms with Crippen LogP contribution in [-0.4, -0.2) is 49.4 Å². The molecule has 0 radical (unpaired) electrons. The van der Waals surface area contributed by atoms with Crippen molar-refractivity contribution < 1.29 is 23.5 Å². The van der Waals surface area contributed by atoms with Gasteiger partial charge in [-0.2, -0.15) is 0 Å². The number of halogens is 1. The number of amides is 1. The van der Waals surface area contributed by atoms with Crippen LogP contribution in [0.15, 0.2) is 60.0 Å². The van der Waals surface area contributed by atoms with Crippen LogP contribution >= 0.6 is 11.3 Å². The van der Waals surface area contributed by atoms with E-state index in [1.165, 1.54) is 36.5 Å². The van der Waals surface area contributed by atoms with Crippen molar-refractivity contribution in [1.29, 1.82) is 0 Å². The summed E-state index contributed by atoms with van der Waals surface area (Å²) in [5, 5.41) is 2.57. The number of methoxy groups -OCH3 is 2. The lowest BCUT2D eigenvalue weighted by Crippen LogP contribution is -2.32. The molecule has 0 spiro atoms. The minimum atomic E-state index is -0.392. The highest BCUT2D eigenvalue weighted by Gasteiger charge is 2.20. The Bertz CT molecular complexity index is 1350. The average molecular weight is 465 g/mol. The molecule has 2 aromatic carbocycles. The van der Waals surface area contributed by atoms with Crippen molar-refractivity contribution in [3.63, 3.8) is 0 Å². The van der Waals surface area contributed by atoms with Crippen molar-refractivity contribution in [1.82, 2.24) is 9.88 Å². The molecule has 0 aliphatic carbocycles. The zero-order chi connectivity index (χ0) is 23.5. The lowest BCUT2D eigenvalue weighted by atomic mass is 10.1. The van der Waals surface area contributed by atoms with Gasteiger partial charge in [-0.25, -0.2) is 9.37 Å². The largest absolute Gasteiger partial charge is 0.493 e. The molecular weight excluding hydrogens is 443 g/mol. The van der Waals surface area contributed by atoms with Crippen molar-refractivity contribution in [2.75, 3.05) is 27.8 Å². The Kier molecular flexibility index (Phi) is 6.37. The minimum Gasteiger partial charge on any atom is -0.493 e. The van der Waals surface area contributed by atoms with Gasteiger partial charge in [0.1, 0.15) is 11.5 Å². The van der Waals surface area contributed by atoms with Crippen LogP contribution < -0.4 is 9.47 Å². The van der Waals surface area contributed by atoms with Crippen molar-refractivity contribution in [3.8, 4) is 22.8 Å². The van der Waals surface area contributed by atoms with Crippen LogP contribution in [0.5, 0.6) is 11.5 Å². The molecule has 0 aliphatic rings. The third-order valence-electron chi connectivity index (χ3n) is 5.23. The van der Waals surface area contributed by atoms with Gasteiger partial charge in [0.15, 0.2) is 17.3 Å². The van der Waals surface area contributed by atoms with E-state index < -0.39 is 5.91 Å². The Morgan fingerprint density at radius 1 is 1.03 bits per heavy atom. The first kappa shape index (κ1) is 22.4. The van der Waals surface area contributed by atoms with Crippen LogP contribution in [-0.2, 0) is 0 Å². The summed E-state index contributed by atoms with van der Waals surface area (Å²) in [4.78, 5) is 31.5. The number of ether oxygens (including phenoxy) is 2. The number of carbonyl (C=O) groups is 2. The highest BCUT2D eigenvalue weighted by Crippen LogP contribution is 2.34. The van der Waals surface area contributed by atoms with Gasteiger partial charge in [-0.3, -0.25) is 9.59 Å². The molecule has 0 N–H and O–H groups in total. The zero-order valence-electron chi connectivity index (χ0n) is 18.3. The molecule has 6 nitrogen and oxygen atoms in total. The van der Waals surface area contributed by atoms with Gasteiger partial charge in [-0.1, -0.05) is 18.2 Å². The maximum atomic E-state index is 14.1. The summed E-state index contributed by atoms with van der Waals surface area (Å²) in [5.41, 5.74) is 1.93. The maximum absolute atomic E-state index is 14.1. The van der Waals surface area contributed by atoms with Gasteiger partial charge in [-0.05, 0) is 36.4 Å². The molecule has 33 heavy (non-hydrogen) atoms. The van der Waals surface area contributed by atoms with Gasteiger partial charge in [-0.15, -0.1) is 11.3 Å². The highest BCUT2D eigenvalue weighted by molar-refractivity contribution is 7.17. The van der Waals surface area contributed by atoms with Gasteiger partial charge in [0.2, 0.25) is 0 Å². The van der Waals surface area contributed by atoms with Gasteiger partial charge in [0.05, 0.1) is 31.2 Å². The molecule has 4 aromatic rings. The van der Waals surface area contributed by atoms with Gasteiger partial charge >= 0.3 is 0 Å². The summed E-state index contributed by atoms with van der Waals surface area (Å²) in [6.45, 7) is -0.132. The van der Waals surface area contributed by atoms with E-state index in [1.807, 2.05) is 11.4 Å². The number of thiophene rings is 1. The smallest absolute Gasteiger partial charge is 0.272 e. The Hall–Kier alpha value is -3.78. The van der Waals surface area contributed by atoms with E-state index >= 15 is 0 Å². The topological polar surface area (TPSA) is 68.7 Å². The number of aromatic nitrogens is 1. The van der Waals surface area contributed by atoms with E-state index in [0.29, 0.717) is 27.5 Å². The van der Waals surface area contributed by atoms with E-state index in [9.17, 15) is 14.0 Å². The molecule has 2 aromatic heterocycles. The number of pyridine rings is 1. The Balaban J connectivity index is 1.55. The Morgan fingerprint density at radius 2 is 1.79 bits per heavy atom. The maximum Gasteiger partial charge on any atom is 0.272 e. The predicted molar refractivity (Wildman–Crippen MR) is 126 cm³/mol. The van der Waals surface area contributed by atoms with Crippen LogP contribution in [0.3, 0.4) is 0 Å². The van der Waals surface area contributed by atoms with Gasteiger partial charge in [0, 0.05) is 28.9 Å². The lowest BCUT2D eigenvalue weighted by Gasteiger charge is -2.17. The number of fused-ring (bicyclic) bond motifs is 1. The summed E-state index contributed by atoms with van der Waals surface area (Å²) in [6.07, 6.45) is 0. The number of hydrogen-bond donors (Lipinski definition) is 0. The summed E-state index contributed by atoms with van der Waals surface area (Å²) >= 11 is 1.29. The van der Waals surface area contributed by atoms with E-state index in [4.69, 9.17) is 9.47 Å². The number of benzene rings is 2. The van der Waals surface area contributed by atoms with Crippen molar-refractivity contribution in [2.24, 2.45) is 0 Å². The molecule has 4 rings (SSSR count). The quantitative estimate of drug-likeness (QED) is 0.357. The number of Topliss-reactive ketones (excluding diaryl/α,β-unsaturated/α-hetero) is 1. The first-order valence-electron chi connectivity index (χ1n) is 10.1. The second kappa shape index (κ2) is 9.38. The summed E-state index contributed by atoms with van der Waals surface area (Å²) < 4.78 is 25.0. The Labute approximate surface area is 194 Å². The molecule has 168 valence electrons.